The van der Waals surface area contributed by atoms with Crippen LogP contribution in [0.15, 0.2) is 0 Å². The topological polar surface area (TPSA) is 43.0 Å². The normalized spacial score (nSPS) is 24.3. The van der Waals surface area contributed by atoms with E-state index in [1.807, 2.05) is 25.8 Å². The van der Waals surface area contributed by atoms with E-state index < -0.39 is 5.91 Å². The average Bonchev–Trinajstić information content (AvgIpc) is 2.35. The molecule has 108 valence electrons. The van der Waals surface area contributed by atoms with Crippen molar-refractivity contribution in [1.29, 1.82) is 0 Å². The summed E-state index contributed by atoms with van der Waals surface area (Å²) >= 11 is 0. The van der Waals surface area contributed by atoms with Gasteiger partial charge >= 0.3 is 0 Å². The molecule has 5 nitrogen and oxygen atoms in total. The molecule has 1 aliphatic rings. The van der Waals surface area contributed by atoms with Gasteiger partial charge in [0, 0.05) is 26.3 Å². The quantitative estimate of drug-likeness (QED) is 0.673. The summed E-state index contributed by atoms with van der Waals surface area (Å²) in [6.45, 7) is 11.6. The van der Waals surface area contributed by atoms with Gasteiger partial charge in [-0.1, -0.05) is 13.3 Å². The predicted molar refractivity (Wildman–Crippen MR) is 71.0 cm³/mol. The Balaban J connectivity index is 2.92. The lowest BCUT2D eigenvalue weighted by Gasteiger charge is -2.49. The molecule has 1 heterocycles. The molecule has 0 aliphatic carbocycles. The lowest BCUT2D eigenvalue weighted by atomic mass is 10.1. The number of nitrogens with zero attached hydrogens (tertiary/aromatic N) is 1. The van der Waals surface area contributed by atoms with Crippen molar-refractivity contribution in [3.8, 4) is 0 Å². The fourth-order valence-corrected chi connectivity index (χ4v) is 2.48. The van der Waals surface area contributed by atoms with Crippen molar-refractivity contribution in [1.82, 2.24) is 10.4 Å². The maximum Gasteiger partial charge on any atom is 0.268 e. The molecule has 1 rings (SSSR count). The van der Waals surface area contributed by atoms with Gasteiger partial charge in [0.2, 0.25) is 0 Å². The third-order valence-electron chi connectivity index (χ3n) is 3.06. The molecule has 0 aromatic heterocycles. The first-order chi connectivity index (χ1) is 8.75. The van der Waals surface area contributed by atoms with Gasteiger partial charge in [-0.15, -0.1) is 5.06 Å². The summed E-state index contributed by atoms with van der Waals surface area (Å²) in [6.07, 6.45) is 2.09. The number of piperazine rings is 1. The van der Waals surface area contributed by atoms with Gasteiger partial charge in [0.25, 0.3) is 5.91 Å². The number of hydrogen-bond acceptors (Lipinski definition) is 5. The summed E-state index contributed by atoms with van der Waals surface area (Å²) < 4.78 is 11.9. The van der Waals surface area contributed by atoms with Gasteiger partial charge in [-0.05, 0) is 27.2 Å². The fourth-order valence-electron chi connectivity index (χ4n) is 2.48. The third-order valence-corrected chi connectivity index (χ3v) is 3.06. The minimum Gasteiger partial charge on any atom is -0.335 e. The van der Waals surface area contributed by atoms with Crippen LogP contribution in [0.1, 0.15) is 40.5 Å². The second-order valence-corrected chi connectivity index (χ2v) is 4.31. The van der Waals surface area contributed by atoms with E-state index in [2.05, 4.69) is 12.2 Å². The second-order valence-electron chi connectivity index (χ2n) is 4.31. The van der Waals surface area contributed by atoms with Gasteiger partial charge in [0.1, 0.15) is 0 Å². The van der Waals surface area contributed by atoms with E-state index in [-0.39, 0.29) is 6.04 Å². The summed E-state index contributed by atoms with van der Waals surface area (Å²) in [5.74, 6) is -0.784. The van der Waals surface area contributed by atoms with Crippen LogP contribution in [0.4, 0.5) is 0 Å². The second kappa shape index (κ2) is 8.07. The van der Waals surface area contributed by atoms with Gasteiger partial charge in [-0.2, -0.15) is 0 Å². The van der Waals surface area contributed by atoms with Crippen LogP contribution in [-0.2, 0) is 14.3 Å². The molecule has 0 radical (unpaired) electrons. The summed E-state index contributed by atoms with van der Waals surface area (Å²) in [4.78, 5) is 5.72. The molecular formula is C13H28N2O3. The molecule has 1 N–H and O–H groups in total. The highest BCUT2D eigenvalue weighted by molar-refractivity contribution is 4.88. The number of ether oxygens (including phenoxy) is 2. The Kier molecular flexibility index (Phi) is 7.11. The van der Waals surface area contributed by atoms with Crippen molar-refractivity contribution in [3.05, 3.63) is 0 Å². The van der Waals surface area contributed by atoms with Gasteiger partial charge < -0.3 is 14.8 Å². The molecule has 0 spiro atoms. The standard InChI is InChI=1S/C13H28N2O3/c1-5-9-12-13(16-6-2,17-7-3)15(18-8-4)11-10-14-12/h12,14H,5-11H2,1-4H3. The van der Waals surface area contributed by atoms with Gasteiger partial charge in [-0.3, -0.25) is 4.84 Å². The number of nitrogens with one attached hydrogen (secondary N) is 1. The van der Waals surface area contributed by atoms with E-state index in [9.17, 15) is 0 Å². The Labute approximate surface area is 111 Å². The van der Waals surface area contributed by atoms with Crippen molar-refractivity contribution in [2.75, 3.05) is 32.9 Å². The summed E-state index contributed by atoms with van der Waals surface area (Å²) in [7, 11) is 0. The van der Waals surface area contributed by atoms with Gasteiger partial charge in [0.15, 0.2) is 0 Å². The van der Waals surface area contributed by atoms with Crippen LogP contribution in [-0.4, -0.2) is 49.9 Å². The van der Waals surface area contributed by atoms with E-state index in [4.69, 9.17) is 14.3 Å². The minimum absolute atomic E-state index is 0.141. The Morgan fingerprint density at radius 1 is 1.11 bits per heavy atom. The molecule has 1 saturated heterocycles. The monoisotopic (exact) mass is 260 g/mol. The SMILES string of the molecule is CCCC1NCCN(OCC)C1(OCC)OCC. The summed E-state index contributed by atoms with van der Waals surface area (Å²) in [6, 6.07) is 0.141. The molecule has 18 heavy (non-hydrogen) atoms. The first kappa shape index (κ1) is 15.9. The Bertz CT molecular complexity index is 200. The third kappa shape index (κ3) is 3.42. The molecule has 5 heteroatoms. The largest absolute Gasteiger partial charge is 0.335 e. The van der Waals surface area contributed by atoms with Crippen LogP contribution in [0.25, 0.3) is 0 Å². The zero-order chi connectivity index (χ0) is 13.4. The van der Waals surface area contributed by atoms with Crippen molar-refractivity contribution in [2.24, 2.45) is 0 Å². The van der Waals surface area contributed by atoms with Crippen LogP contribution >= 0.6 is 0 Å². The van der Waals surface area contributed by atoms with Crippen molar-refractivity contribution >= 4 is 0 Å². The minimum atomic E-state index is -0.784. The number of hydroxylamine groups is 2. The van der Waals surface area contributed by atoms with Crippen LogP contribution in [0.2, 0.25) is 0 Å². The number of rotatable bonds is 8. The van der Waals surface area contributed by atoms with E-state index >= 15 is 0 Å². The van der Waals surface area contributed by atoms with Crippen LogP contribution in [0, 0.1) is 0 Å². The molecular weight excluding hydrogens is 232 g/mol. The van der Waals surface area contributed by atoms with Crippen LogP contribution in [0.5, 0.6) is 0 Å². The molecule has 1 fully saturated rings. The molecule has 1 unspecified atom stereocenters. The lowest BCUT2D eigenvalue weighted by Crippen LogP contribution is -2.69. The van der Waals surface area contributed by atoms with Crippen molar-refractivity contribution < 1.29 is 14.3 Å². The van der Waals surface area contributed by atoms with Crippen molar-refractivity contribution in [2.45, 2.75) is 52.5 Å². The van der Waals surface area contributed by atoms with E-state index in [0.717, 1.165) is 25.9 Å². The highest BCUT2D eigenvalue weighted by Gasteiger charge is 2.49. The zero-order valence-electron chi connectivity index (χ0n) is 12.2. The van der Waals surface area contributed by atoms with E-state index in [1.54, 1.807) is 0 Å². The lowest BCUT2D eigenvalue weighted by molar-refractivity contribution is -0.424. The summed E-state index contributed by atoms with van der Waals surface area (Å²) in [5.41, 5.74) is 0. The number of hydrogen-bond donors (Lipinski definition) is 1. The smallest absolute Gasteiger partial charge is 0.268 e. The molecule has 0 amide bonds. The fraction of sp³-hybridized carbons (Fsp3) is 1.00. The molecule has 0 aromatic carbocycles. The predicted octanol–water partition coefficient (Wildman–Crippen LogP) is 1.74. The van der Waals surface area contributed by atoms with Crippen LogP contribution < -0.4 is 5.32 Å². The zero-order valence-corrected chi connectivity index (χ0v) is 12.2. The van der Waals surface area contributed by atoms with E-state index in [1.165, 1.54) is 0 Å². The molecule has 0 bridgehead atoms. The Morgan fingerprint density at radius 3 is 2.28 bits per heavy atom. The highest BCUT2D eigenvalue weighted by atomic mass is 16.8. The maximum absolute atomic E-state index is 5.96. The highest BCUT2D eigenvalue weighted by Crippen LogP contribution is 2.29. The van der Waals surface area contributed by atoms with E-state index in [0.29, 0.717) is 19.8 Å². The Morgan fingerprint density at radius 2 is 1.78 bits per heavy atom. The molecule has 1 aliphatic heterocycles. The first-order valence-electron chi connectivity index (χ1n) is 7.16. The van der Waals surface area contributed by atoms with Crippen LogP contribution in [0.3, 0.4) is 0 Å². The average molecular weight is 260 g/mol. The molecule has 1 atom stereocenters. The first-order valence-corrected chi connectivity index (χ1v) is 7.16. The Hall–Kier alpha value is -0.200. The summed E-state index contributed by atoms with van der Waals surface area (Å²) in [5, 5.41) is 5.37. The van der Waals surface area contributed by atoms with Crippen molar-refractivity contribution in [3.63, 3.8) is 0 Å². The molecule has 0 aromatic rings. The molecule has 0 saturated carbocycles. The van der Waals surface area contributed by atoms with Gasteiger partial charge in [-0.25, -0.2) is 0 Å². The maximum atomic E-state index is 5.96. The van der Waals surface area contributed by atoms with Gasteiger partial charge in [0.05, 0.1) is 12.6 Å².